The van der Waals surface area contributed by atoms with Crippen molar-refractivity contribution < 1.29 is 14.3 Å². The molecule has 0 aliphatic carbocycles. The second-order valence-corrected chi connectivity index (χ2v) is 6.87. The SMILES string of the molecule is COc1ccc(-c2nc(CSc3ccccn3)oc2-c2ccc(O)cc2)cn1. The van der Waals surface area contributed by atoms with Gasteiger partial charge < -0.3 is 14.3 Å². The van der Waals surface area contributed by atoms with Crippen LogP contribution in [0.1, 0.15) is 5.89 Å². The molecule has 0 saturated heterocycles. The third kappa shape index (κ3) is 3.99. The molecule has 0 atom stereocenters. The van der Waals surface area contributed by atoms with E-state index in [1.54, 1.807) is 61.6 Å². The summed E-state index contributed by atoms with van der Waals surface area (Å²) in [6.45, 7) is 0. The van der Waals surface area contributed by atoms with Crippen LogP contribution in [0.15, 0.2) is 76.4 Å². The number of pyridine rings is 2. The van der Waals surface area contributed by atoms with Crippen molar-refractivity contribution in [1.29, 1.82) is 0 Å². The summed E-state index contributed by atoms with van der Waals surface area (Å²) < 4.78 is 11.2. The summed E-state index contributed by atoms with van der Waals surface area (Å²) in [5.41, 5.74) is 2.34. The first-order chi connectivity index (χ1) is 13.7. The van der Waals surface area contributed by atoms with Gasteiger partial charge in [-0.1, -0.05) is 17.8 Å². The number of rotatable bonds is 6. The number of hydrogen-bond acceptors (Lipinski definition) is 7. The minimum absolute atomic E-state index is 0.196. The maximum atomic E-state index is 9.58. The highest BCUT2D eigenvalue weighted by Gasteiger charge is 2.18. The number of oxazole rings is 1. The molecule has 0 saturated carbocycles. The zero-order chi connectivity index (χ0) is 19.3. The van der Waals surface area contributed by atoms with Gasteiger partial charge in [-0.15, -0.1) is 0 Å². The van der Waals surface area contributed by atoms with E-state index in [0.717, 1.165) is 16.2 Å². The van der Waals surface area contributed by atoms with Crippen molar-refractivity contribution in [2.45, 2.75) is 10.8 Å². The van der Waals surface area contributed by atoms with Crippen molar-refractivity contribution in [3.8, 4) is 34.2 Å². The first kappa shape index (κ1) is 18.1. The van der Waals surface area contributed by atoms with Crippen LogP contribution >= 0.6 is 11.8 Å². The molecule has 1 N–H and O–H groups in total. The third-order valence-electron chi connectivity index (χ3n) is 4.00. The Morgan fingerprint density at radius 2 is 1.82 bits per heavy atom. The fourth-order valence-electron chi connectivity index (χ4n) is 2.64. The molecule has 0 amide bonds. The minimum atomic E-state index is 0.196. The normalized spacial score (nSPS) is 10.8. The molecule has 0 unspecified atom stereocenters. The Balaban J connectivity index is 1.69. The van der Waals surface area contributed by atoms with Crippen molar-refractivity contribution in [2.24, 2.45) is 0 Å². The van der Waals surface area contributed by atoms with Crippen molar-refractivity contribution >= 4 is 11.8 Å². The van der Waals surface area contributed by atoms with Gasteiger partial charge in [-0.25, -0.2) is 15.0 Å². The first-order valence-electron chi connectivity index (χ1n) is 8.56. The Hall–Kier alpha value is -3.32. The molecule has 0 fully saturated rings. The molecule has 0 bridgehead atoms. The number of methoxy groups -OCH3 is 1. The minimum Gasteiger partial charge on any atom is -0.508 e. The number of phenols is 1. The summed E-state index contributed by atoms with van der Waals surface area (Å²) in [6.07, 6.45) is 3.46. The largest absolute Gasteiger partial charge is 0.508 e. The number of hydrogen-bond donors (Lipinski definition) is 1. The number of thioether (sulfide) groups is 1. The van der Waals surface area contributed by atoms with E-state index >= 15 is 0 Å². The van der Waals surface area contributed by atoms with Crippen LogP contribution in [0, 0.1) is 0 Å². The molecule has 3 heterocycles. The molecule has 28 heavy (non-hydrogen) atoms. The van der Waals surface area contributed by atoms with Crippen molar-refractivity contribution in [1.82, 2.24) is 15.0 Å². The van der Waals surface area contributed by atoms with Crippen LogP contribution in [0.2, 0.25) is 0 Å². The van der Waals surface area contributed by atoms with Gasteiger partial charge in [0.1, 0.15) is 11.4 Å². The summed E-state index contributed by atoms with van der Waals surface area (Å²) >= 11 is 1.55. The molecule has 0 aliphatic rings. The van der Waals surface area contributed by atoms with Gasteiger partial charge in [0.05, 0.1) is 17.9 Å². The molecule has 7 heteroatoms. The second kappa shape index (κ2) is 8.14. The standard InChI is InChI=1S/C21H17N3O3S/c1-26-17-10-7-15(12-23-17)20-21(14-5-8-16(25)9-6-14)27-18(24-20)13-28-19-4-2-3-11-22-19/h2-12,25H,13H2,1H3. The Kier molecular flexibility index (Phi) is 5.25. The molecule has 4 rings (SSSR count). The van der Waals surface area contributed by atoms with E-state index in [1.807, 2.05) is 24.3 Å². The van der Waals surface area contributed by atoms with E-state index in [2.05, 4.69) is 9.97 Å². The number of benzene rings is 1. The molecule has 0 spiro atoms. The fourth-order valence-corrected chi connectivity index (χ4v) is 3.34. The maximum absolute atomic E-state index is 9.58. The van der Waals surface area contributed by atoms with Crippen LogP contribution in [0.25, 0.3) is 22.6 Å². The van der Waals surface area contributed by atoms with E-state index in [9.17, 15) is 5.11 Å². The molecule has 140 valence electrons. The average Bonchev–Trinajstić information content (AvgIpc) is 3.18. The molecular weight excluding hydrogens is 374 g/mol. The van der Waals surface area contributed by atoms with E-state index in [1.165, 1.54) is 0 Å². The van der Waals surface area contributed by atoms with Gasteiger partial charge in [-0.05, 0) is 42.5 Å². The monoisotopic (exact) mass is 391 g/mol. The lowest BCUT2D eigenvalue weighted by atomic mass is 10.1. The number of phenolic OH excluding ortho intramolecular Hbond substituents is 1. The smallest absolute Gasteiger partial charge is 0.212 e. The molecule has 4 aromatic rings. The lowest BCUT2D eigenvalue weighted by Gasteiger charge is -2.03. The summed E-state index contributed by atoms with van der Waals surface area (Å²) in [5.74, 6) is 2.49. The Morgan fingerprint density at radius 3 is 2.50 bits per heavy atom. The predicted octanol–water partition coefficient (Wildman–Crippen LogP) is 4.81. The predicted molar refractivity (Wildman–Crippen MR) is 107 cm³/mol. The zero-order valence-electron chi connectivity index (χ0n) is 15.1. The molecule has 0 radical (unpaired) electrons. The highest BCUT2D eigenvalue weighted by molar-refractivity contribution is 7.98. The molecule has 3 aromatic heterocycles. The summed E-state index contributed by atoms with van der Waals surface area (Å²) in [5, 5.41) is 10.5. The highest BCUT2D eigenvalue weighted by Crippen LogP contribution is 2.35. The molecule has 0 aliphatic heterocycles. The van der Waals surface area contributed by atoms with Crippen LogP contribution in [-0.4, -0.2) is 27.2 Å². The van der Waals surface area contributed by atoms with Gasteiger partial charge in [0.25, 0.3) is 0 Å². The van der Waals surface area contributed by atoms with Crippen LogP contribution in [0.3, 0.4) is 0 Å². The van der Waals surface area contributed by atoms with Crippen LogP contribution in [0.5, 0.6) is 11.6 Å². The van der Waals surface area contributed by atoms with Crippen LogP contribution in [0.4, 0.5) is 0 Å². The number of aromatic nitrogens is 3. The topological polar surface area (TPSA) is 81.3 Å². The zero-order valence-corrected chi connectivity index (χ0v) is 15.9. The van der Waals surface area contributed by atoms with Crippen molar-refractivity contribution in [2.75, 3.05) is 7.11 Å². The van der Waals surface area contributed by atoms with E-state index in [4.69, 9.17) is 14.1 Å². The van der Waals surface area contributed by atoms with Crippen LogP contribution < -0.4 is 4.74 Å². The van der Waals surface area contributed by atoms with E-state index in [0.29, 0.717) is 29.0 Å². The van der Waals surface area contributed by atoms with Gasteiger partial charge in [-0.3, -0.25) is 0 Å². The third-order valence-corrected chi connectivity index (χ3v) is 4.93. The van der Waals surface area contributed by atoms with Crippen LogP contribution in [-0.2, 0) is 5.75 Å². The molecule has 6 nitrogen and oxygen atoms in total. The molecular formula is C21H17N3O3S. The first-order valence-corrected chi connectivity index (χ1v) is 9.55. The van der Waals surface area contributed by atoms with Gasteiger partial charge >= 0.3 is 0 Å². The highest BCUT2D eigenvalue weighted by atomic mass is 32.2. The quantitative estimate of drug-likeness (QED) is 0.473. The van der Waals surface area contributed by atoms with E-state index in [-0.39, 0.29) is 5.75 Å². The lowest BCUT2D eigenvalue weighted by Crippen LogP contribution is -1.89. The average molecular weight is 391 g/mol. The fraction of sp³-hybridized carbons (Fsp3) is 0.0952. The Morgan fingerprint density at radius 1 is 1.00 bits per heavy atom. The van der Waals surface area contributed by atoms with E-state index < -0.39 is 0 Å². The van der Waals surface area contributed by atoms with Gasteiger partial charge in [0, 0.05) is 29.6 Å². The summed E-state index contributed by atoms with van der Waals surface area (Å²) in [6, 6.07) is 16.3. The van der Waals surface area contributed by atoms with Crippen molar-refractivity contribution in [3.63, 3.8) is 0 Å². The number of aromatic hydroxyl groups is 1. The number of ether oxygens (including phenoxy) is 1. The van der Waals surface area contributed by atoms with Gasteiger partial charge in [-0.2, -0.15) is 0 Å². The lowest BCUT2D eigenvalue weighted by molar-refractivity contribution is 0.398. The van der Waals surface area contributed by atoms with Crippen molar-refractivity contribution in [3.05, 3.63) is 72.9 Å². The Labute approximate surface area is 166 Å². The molecule has 1 aromatic carbocycles. The summed E-state index contributed by atoms with van der Waals surface area (Å²) in [7, 11) is 1.58. The summed E-state index contributed by atoms with van der Waals surface area (Å²) in [4.78, 5) is 13.3. The number of nitrogens with zero attached hydrogens (tertiary/aromatic N) is 3. The van der Waals surface area contributed by atoms with Gasteiger partial charge in [0.2, 0.25) is 11.8 Å². The van der Waals surface area contributed by atoms with Gasteiger partial charge in [0.15, 0.2) is 5.76 Å². The maximum Gasteiger partial charge on any atom is 0.212 e. The Bertz CT molecular complexity index is 1050. The second-order valence-electron chi connectivity index (χ2n) is 5.88.